The van der Waals surface area contributed by atoms with E-state index in [4.69, 9.17) is 10.5 Å². The summed E-state index contributed by atoms with van der Waals surface area (Å²) in [5.74, 6) is 0.928. The van der Waals surface area contributed by atoms with E-state index in [2.05, 4.69) is 0 Å². The molecular weight excluding hydrogens is 240 g/mol. The van der Waals surface area contributed by atoms with E-state index in [1.54, 1.807) is 12.0 Å². The minimum absolute atomic E-state index is 0.0670. The summed E-state index contributed by atoms with van der Waals surface area (Å²) in [6.07, 6.45) is 1.57. The molecule has 0 aromatic heterocycles. The Balaban J connectivity index is 2.58. The number of amides is 1. The van der Waals surface area contributed by atoms with Crippen molar-refractivity contribution in [2.45, 2.75) is 19.8 Å². The average Bonchev–Trinajstić information content (AvgIpc) is 2.46. The minimum Gasteiger partial charge on any atom is -0.496 e. The molecule has 1 amide bonds. The Morgan fingerprint density at radius 2 is 2.11 bits per heavy atom. The van der Waals surface area contributed by atoms with Crippen molar-refractivity contribution in [3.63, 3.8) is 0 Å². The van der Waals surface area contributed by atoms with E-state index in [0.717, 1.165) is 24.2 Å². The molecule has 19 heavy (non-hydrogen) atoms. The van der Waals surface area contributed by atoms with Crippen LogP contribution in [0.2, 0.25) is 0 Å². The second-order valence-corrected chi connectivity index (χ2v) is 4.66. The molecule has 0 heterocycles. The van der Waals surface area contributed by atoms with Gasteiger partial charge in [0.2, 0.25) is 5.91 Å². The highest BCUT2D eigenvalue weighted by atomic mass is 16.5. The maximum atomic E-state index is 12.1. The fraction of sp³-hybridized carbons (Fsp3) is 0.533. The number of nitrogens with zero attached hydrogens (tertiary/aromatic N) is 1. The number of hydrogen-bond acceptors (Lipinski definition) is 3. The smallest absolute Gasteiger partial charge is 0.226 e. The van der Waals surface area contributed by atoms with E-state index in [0.29, 0.717) is 13.1 Å². The van der Waals surface area contributed by atoms with Crippen LogP contribution in [-0.2, 0) is 11.2 Å². The van der Waals surface area contributed by atoms with E-state index in [-0.39, 0.29) is 11.8 Å². The first-order valence-corrected chi connectivity index (χ1v) is 6.70. The normalized spacial score (nSPS) is 12.0. The molecule has 0 spiro atoms. The number of benzene rings is 1. The van der Waals surface area contributed by atoms with Gasteiger partial charge in [0.05, 0.1) is 13.0 Å². The summed E-state index contributed by atoms with van der Waals surface area (Å²) in [7, 11) is 3.49. The molecule has 0 aliphatic heterocycles. The number of carbonyl (C=O) groups excluding carboxylic acids is 1. The van der Waals surface area contributed by atoms with Crippen LogP contribution in [0.15, 0.2) is 24.3 Å². The molecule has 1 aromatic rings. The first-order chi connectivity index (χ1) is 9.13. The molecular formula is C15H24N2O2. The summed E-state index contributed by atoms with van der Waals surface area (Å²) in [6.45, 7) is 3.08. The molecule has 4 heteroatoms. The number of likely N-dealkylation sites (N-methyl/N-ethyl adjacent to an activating group) is 1. The third-order valence-corrected chi connectivity index (χ3v) is 3.41. The molecule has 1 unspecified atom stereocenters. The van der Waals surface area contributed by atoms with Crippen LogP contribution < -0.4 is 10.5 Å². The second kappa shape index (κ2) is 7.79. The highest BCUT2D eigenvalue weighted by Crippen LogP contribution is 2.18. The lowest BCUT2D eigenvalue weighted by Gasteiger charge is -2.22. The number of carbonyl (C=O) groups is 1. The quantitative estimate of drug-likeness (QED) is 0.815. The molecule has 0 aliphatic carbocycles. The molecule has 1 aromatic carbocycles. The maximum absolute atomic E-state index is 12.1. The van der Waals surface area contributed by atoms with E-state index in [9.17, 15) is 4.79 Å². The van der Waals surface area contributed by atoms with Gasteiger partial charge in [0.25, 0.3) is 0 Å². The number of ether oxygens (including phenoxy) is 1. The van der Waals surface area contributed by atoms with Crippen molar-refractivity contribution in [1.29, 1.82) is 0 Å². The second-order valence-electron chi connectivity index (χ2n) is 4.66. The number of para-hydroxylation sites is 1. The maximum Gasteiger partial charge on any atom is 0.226 e. The van der Waals surface area contributed by atoms with Gasteiger partial charge < -0.3 is 15.4 Å². The standard InChI is InChI=1S/C15H24N2O2/c1-4-12(11-16)15(18)17(2)10-9-13-7-5-6-8-14(13)19-3/h5-8,12H,4,9-11,16H2,1-3H3. The van der Waals surface area contributed by atoms with Crippen LogP contribution in [0.1, 0.15) is 18.9 Å². The Bertz CT molecular complexity index is 403. The van der Waals surface area contributed by atoms with E-state index in [1.165, 1.54) is 0 Å². The summed E-state index contributed by atoms with van der Waals surface area (Å²) in [5.41, 5.74) is 6.72. The topological polar surface area (TPSA) is 55.6 Å². The van der Waals surface area contributed by atoms with Gasteiger partial charge in [-0.1, -0.05) is 25.1 Å². The van der Waals surface area contributed by atoms with Crippen LogP contribution in [0.3, 0.4) is 0 Å². The third-order valence-electron chi connectivity index (χ3n) is 3.41. The molecule has 1 rings (SSSR count). The Labute approximate surface area is 115 Å². The molecule has 0 fully saturated rings. The van der Waals surface area contributed by atoms with Crippen molar-refractivity contribution >= 4 is 5.91 Å². The average molecular weight is 264 g/mol. The van der Waals surface area contributed by atoms with Gasteiger partial charge in [0.15, 0.2) is 0 Å². The molecule has 0 saturated carbocycles. The molecule has 0 radical (unpaired) electrons. The van der Waals surface area contributed by atoms with E-state index in [1.807, 2.05) is 38.2 Å². The summed E-state index contributed by atoms with van der Waals surface area (Å²) in [4.78, 5) is 13.9. The molecule has 106 valence electrons. The zero-order chi connectivity index (χ0) is 14.3. The molecule has 0 saturated heterocycles. The Morgan fingerprint density at radius 1 is 1.42 bits per heavy atom. The van der Waals surface area contributed by atoms with Crippen molar-refractivity contribution in [3.05, 3.63) is 29.8 Å². The van der Waals surface area contributed by atoms with Crippen LogP contribution in [0.25, 0.3) is 0 Å². The van der Waals surface area contributed by atoms with Gasteiger partial charge in [0.1, 0.15) is 5.75 Å². The molecule has 4 nitrogen and oxygen atoms in total. The highest BCUT2D eigenvalue weighted by molar-refractivity contribution is 5.78. The monoisotopic (exact) mass is 264 g/mol. The van der Waals surface area contributed by atoms with Crippen molar-refractivity contribution in [2.75, 3.05) is 27.2 Å². The molecule has 0 aliphatic rings. The number of nitrogens with two attached hydrogens (primary N) is 1. The van der Waals surface area contributed by atoms with Crippen molar-refractivity contribution in [2.24, 2.45) is 11.7 Å². The zero-order valence-corrected chi connectivity index (χ0v) is 12.1. The van der Waals surface area contributed by atoms with Gasteiger partial charge in [-0.15, -0.1) is 0 Å². The summed E-state index contributed by atoms with van der Waals surface area (Å²) < 4.78 is 5.30. The summed E-state index contributed by atoms with van der Waals surface area (Å²) in [5, 5.41) is 0. The first kappa shape index (κ1) is 15.5. The lowest BCUT2D eigenvalue weighted by molar-refractivity contribution is -0.133. The Kier molecular flexibility index (Phi) is 6.36. The summed E-state index contributed by atoms with van der Waals surface area (Å²) in [6, 6.07) is 7.89. The lowest BCUT2D eigenvalue weighted by atomic mass is 10.0. The van der Waals surface area contributed by atoms with Crippen molar-refractivity contribution < 1.29 is 9.53 Å². The summed E-state index contributed by atoms with van der Waals surface area (Å²) >= 11 is 0. The van der Waals surface area contributed by atoms with Crippen LogP contribution in [0, 0.1) is 5.92 Å². The van der Waals surface area contributed by atoms with Gasteiger partial charge in [-0.3, -0.25) is 4.79 Å². The van der Waals surface area contributed by atoms with Crippen molar-refractivity contribution in [3.8, 4) is 5.75 Å². The number of methoxy groups -OCH3 is 1. The van der Waals surface area contributed by atoms with Crippen molar-refractivity contribution in [1.82, 2.24) is 4.90 Å². The predicted molar refractivity (Wildman–Crippen MR) is 77.2 cm³/mol. The van der Waals surface area contributed by atoms with E-state index >= 15 is 0 Å². The van der Waals surface area contributed by atoms with Crippen LogP contribution in [0.4, 0.5) is 0 Å². The Hall–Kier alpha value is -1.55. The first-order valence-electron chi connectivity index (χ1n) is 6.70. The van der Waals surface area contributed by atoms with Crippen LogP contribution in [0.5, 0.6) is 5.75 Å². The lowest BCUT2D eigenvalue weighted by Crippen LogP contribution is -2.37. The van der Waals surface area contributed by atoms with Gasteiger partial charge in [-0.2, -0.15) is 0 Å². The van der Waals surface area contributed by atoms with Crippen LogP contribution in [-0.4, -0.2) is 38.1 Å². The predicted octanol–water partition coefficient (Wildman–Crippen LogP) is 1.68. The molecule has 1 atom stereocenters. The van der Waals surface area contributed by atoms with Gasteiger partial charge in [-0.25, -0.2) is 0 Å². The SMILES string of the molecule is CCC(CN)C(=O)N(C)CCc1ccccc1OC. The fourth-order valence-electron chi connectivity index (χ4n) is 2.06. The molecule has 2 N–H and O–H groups in total. The highest BCUT2D eigenvalue weighted by Gasteiger charge is 2.18. The number of hydrogen-bond donors (Lipinski definition) is 1. The van der Waals surface area contributed by atoms with Gasteiger partial charge >= 0.3 is 0 Å². The van der Waals surface area contributed by atoms with Crippen LogP contribution >= 0.6 is 0 Å². The number of rotatable bonds is 7. The fourth-order valence-corrected chi connectivity index (χ4v) is 2.06. The van der Waals surface area contributed by atoms with Gasteiger partial charge in [-0.05, 0) is 24.5 Å². The van der Waals surface area contributed by atoms with E-state index < -0.39 is 0 Å². The zero-order valence-electron chi connectivity index (χ0n) is 12.1. The van der Waals surface area contributed by atoms with Gasteiger partial charge in [0, 0.05) is 20.1 Å². The Morgan fingerprint density at radius 3 is 2.68 bits per heavy atom. The molecule has 0 bridgehead atoms. The minimum atomic E-state index is -0.0670. The third kappa shape index (κ3) is 4.24. The largest absolute Gasteiger partial charge is 0.496 e.